The molecule has 0 aliphatic rings. The molecular formula is C12H14O5. The molecule has 0 unspecified atom stereocenters. The van der Waals surface area contributed by atoms with Gasteiger partial charge in [0, 0.05) is 0 Å². The highest BCUT2D eigenvalue weighted by Crippen LogP contribution is 2.21. The number of carbonyl (C=O) groups excluding carboxylic acids is 1. The highest BCUT2D eigenvalue weighted by molar-refractivity contribution is 5.99. The van der Waals surface area contributed by atoms with E-state index in [-0.39, 0.29) is 6.61 Å². The highest BCUT2D eigenvalue weighted by atomic mass is 16.5. The molecule has 0 fully saturated rings. The number of esters is 1. The number of methoxy groups -OCH3 is 1. The first-order valence-electron chi connectivity index (χ1n) is 5.13. The van der Waals surface area contributed by atoms with Crippen molar-refractivity contribution in [2.75, 3.05) is 13.7 Å². The zero-order chi connectivity index (χ0) is 12.8. The number of ether oxygens (including phenoxy) is 2. The van der Waals surface area contributed by atoms with Gasteiger partial charge in [-0.3, -0.25) is 9.59 Å². The maximum Gasteiger partial charge on any atom is 0.324 e. The van der Waals surface area contributed by atoms with E-state index in [9.17, 15) is 9.59 Å². The lowest BCUT2D eigenvalue weighted by atomic mass is 9.99. The molecule has 1 aromatic rings. The van der Waals surface area contributed by atoms with Gasteiger partial charge in [-0.25, -0.2) is 0 Å². The van der Waals surface area contributed by atoms with Crippen molar-refractivity contribution in [1.29, 1.82) is 0 Å². The Morgan fingerprint density at radius 2 is 1.88 bits per heavy atom. The third-order valence-electron chi connectivity index (χ3n) is 2.22. The molecule has 0 radical (unpaired) electrons. The van der Waals surface area contributed by atoms with Gasteiger partial charge in [-0.05, 0) is 24.6 Å². The second kappa shape index (κ2) is 5.89. The second-order valence-electron chi connectivity index (χ2n) is 3.30. The first-order valence-corrected chi connectivity index (χ1v) is 5.13. The molecule has 0 aromatic heterocycles. The minimum absolute atomic E-state index is 0.152. The van der Waals surface area contributed by atoms with Gasteiger partial charge in [0.05, 0.1) is 13.7 Å². The summed E-state index contributed by atoms with van der Waals surface area (Å²) < 4.78 is 9.68. The fourth-order valence-electron chi connectivity index (χ4n) is 1.40. The van der Waals surface area contributed by atoms with Crippen LogP contribution in [0, 0.1) is 0 Å². The van der Waals surface area contributed by atoms with Gasteiger partial charge >= 0.3 is 11.9 Å². The summed E-state index contributed by atoms with van der Waals surface area (Å²) in [5.74, 6) is -2.68. The Balaban J connectivity index is 2.97. The number of benzene rings is 1. The molecule has 17 heavy (non-hydrogen) atoms. The quantitative estimate of drug-likeness (QED) is 0.620. The molecule has 0 spiro atoms. The number of rotatable bonds is 5. The van der Waals surface area contributed by atoms with Crippen molar-refractivity contribution in [3.05, 3.63) is 29.8 Å². The molecule has 1 rings (SSSR count). The number of carboxylic acid groups (broad SMARTS) is 1. The van der Waals surface area contributed by atoms with Crippen molar-refractivity contribution in [3.63, 3.8) is 0 Å². The second-order valence-corrected chi connectivity index (χ2v) is 3.30. The van der Waals surface area contributed by atoms with Gasteiger partial charge in [-0.2, -0.15) is 0 Å². The molecule has 0 saturated carbocycles. The monoisotopic (exact) mass is 238 g/mol. The summed E-state index contributed by atoms with van der Waals surface area (Å²) in [5.41, 5.74) is 0.372. The third-order valence-corrected chi connectivity index (χ3v) is 2.22. The van der Waals surface area contributed by atoms with Crippen molar-refractivity contribution in [3.8, 4) is 5.75 Å². The number of aliphatic carboxylic acids is 1. The zero-order valence-electron chi connectivity index (χ0n) is 9.67. The summed E-state index contributed by atoms with van der Waals surface area (Å²) in [7, 11) is 1.51. The molecule has 1 N–H and O–H groups in total. The van der Waals surface area contributed by atoms with Crippen LogP contribution in [0.4, 0.5) is 0 Å². The lowest BCUT2D eigenvalue weighted by Gasteiger charge is -2.11. The summed E-state index contributed by atoms with van der Waals surface area (Å²) in [4.78, 5) is 22.5. The molecule has 92 valence electrons. The molecule has 5 nitrogen and oxygen atoms in total. The van der Waals surface area contributed by atoms with Crippen molar-refractivity contribution in [1.82, 2.24) is 0 Å². The molecule has 0 aliphatic heterocycles. The van der Waals surface area contributed by atoms with E-state index in [1.54, 1.807) is 19.1 Å². The lowest BCUT2D eigenvalue weighted by Crippen LogP contribution is -2.23. The summed E-state index contributed by atoms with van der Waals surface area (Å²) in [5, 5.41) is 9.02. The summed E-state index contributed by atoms with van der Waals surface area (Å²) in [6.45, 7) is 1.78. The van der Waals surface area contributed by atoms with Crippen LogP contribution in [0.5, 0.6) is 5.75 Å². The van der Waals surface area contributed by atoms with Gasteiger partial charge in [0.2, 0.25) is 0 Å². The highest BCUT2D eigenvalue weighted by Gasteiger charge is 2.29. The summed E-state index contributed by atoms with van der Waals surface area (Å²) in [6, 6.07) is 6.28. The summed E-state index contributed by atoms with van der Waals surface area (Å²) >= 11 is 0. The topological polar surface area (TPSA) is 72.8 Å². The van der Waals surface area contributed by atoms with E-state index in [2.05, 4.69) is 0 Å². The molecular weight excluding hydrogens is 224 g/mol. The maximum absolute atomic E-state index is 11.5. The maximum atomic E-state index is 11.5. The fourth-order valence-corrected chi connectivity index (χ4v) is 1.40. The number of carbonyl (C=O) groups is 2. The van der Waals surface area contributed by atoms with Crippen LogP contribution in [0.1, 0.15) is 18.4 Å². The van der Waals surface area contributed by atoms with Crippen molar-refractivity contribution in [2.45, 2.75) is 12.8 Å². The van der Waals surface area contributed by atoms with Gasteiger partial charge in [-0.15, -0.1) is 0 Å². The Labute approximate surface area is 99.0 Å². The number of hydrogen-bond acceptors (Lipinski definition) is 4. The zero-order valence-corrected chi connectivity index (χ0v) is 9.67. The predicted octanol–water partition coefficient (Wildman–Crippen LogP) is 1.43. The van der Waals surface area contributed by atoms with E-state index in [4.69, 9.17) is 14.6 Å². The molecule has 0 bridgehead atoms. The van der Waals surface area contributed by atoms with Crippen LogP contribution in [0.2, 0.25) is 0 Å². The average Bonchev–Trinajstić information content (AvgIpc) is 2.30. The summed E-state index contributed by atoms with van der Waals surface area (Å²) in [6.07, 6.45) is 0. The van der Waals surface area contributed by atoms with Gasteiger partial charge in [0.15, 0.2) is 5.92 Å². The fraction of sp³-hybridized carbons (Fsp3) is 0.333. The predicted molar refractivity (Wildman–Crippen MR) is 60.0 cm³/mol. The standard InChI is InChI=1S/C12H14O5/c1-3-17-12(15)10(11(13)14)8-4-6-9(16-2)7-5-8/h4-7,10H,3H2,1-2H3,(H,13,14)/t10-/m0/s1. The van der Waals surface area contributed by atoms with E-state index in [0.29, 0.717) is 11.3 Å². The van der Waals surface area contributed by atoms with Crippen LogP contribution in [-0.4, -0.2) is 30.8 Å². The van der Waals surface area contributed by atoms with Crippen molar-refractivity contribution >= 4 is 11.9 Å². The Kier molecular flexibility index (Phi) is 4.51. The minimum Gasteiger partial charge on any atom is -0.497 e. The van der Waals surface area contributed by atoms with Crippen molar-refractivity contribution in [2.24, 2.45) is 0 Å². The Morgan fingerprint density at radius 1 is 1.29 bits per heavy atom. The Hall–Kier alpha value is -2.04. The van der Waals surface area contributed by atoms with Crippen LogP contribution in [-0.2, 0) is 14.3 Å². The van der Waals surface area contributed by atoms with E-state index < -0.39 is 17.9 Å². The minimum atomic E-state index is -1.29. The van der Waals surface area contributed by atoms with E-state index in [0.717, 1.165) is 0 Å². The number of carboxylic acids is 1. The van der Waals surface area contributed by atoms with Gasteiger partial charge in [-0.1, -0.05) is 12.1 Å². The Morgan fingerprint density at radius 3 is 2.29 bits per heavy atom. The first kappa shape index (κ1) is 13.0. The normalized spacial score (nSPS) is 11.6. The van der Waals surface area contributed by atoms with Gasteiger partial charge in [0.25, 0.3) is 0 Å². The van der Waals surface area contributed by atoms with Gasteiger partial charge < -0.3 is 14.6 Å². The lowest BCUT2D eigenvalue weighted by molar-refractivity contribution is -0.153. The molecule has 0 aliphatic carbocycles. The number of hydrogen-bond donors (Lipinski definition) is 1. The molecule has 1 atom stereocenters. The third kappa shape index (κ3) is 3.21. The van der Waals surface area contributed by atoms with Crippen molar-refractivity contribution < 1.29 is 24.2 Å². The molecule has 0 amide bonds. The molecule has 1 aromatic carbocycles. The largest absolute Gasteiger partial charge is 0.497 e. The van der Waals surface area contributed by atoms with Crippen LogP contribution < -0.4 is 4.74 Å². The molecule has 0 saturated heterocycles. The molecule has 5 heteroatoms. The van der Waals surface area contributed by atoms with E-state index >= 15 is 0 Å². The van der Waals surface area contributed by atoms with E-state index in [1.807, 2.05) is 0 Å². The van der Waals surface area contributed by atoms with Crippen LogP contribution in [0.15, 0.2) is 24.3 Å². The van der Waals surface area contributed by atoms with Gasteiger partial charge in [0.1, 0.15) is 5.75 Å². The van der Waals surface area contributed by atoms with Crippen LogP contribution in [0.25, 0.3) is 0 Å². The Bertz CT molecular complexity index is 396. The first-order chi connectivity index (χ1) is 8.10. The SMILES string of the molecule is CCOC(=O)[C@H](C(=O)O)c1ccc(OC)cc1. The smallest absolute Gasteiger partial charge is 0.324 e. The molecule has 0 heterocycles. The van der Waals surface area contributed by atoms with Crippen LogP contribution in [0.3, 0.4) is 0 Å². The van der Waals surface area contributed by atoms with Crippen LogP contribution >= 0.6 is 0 Å². The average molecular weight is 238 g/mol. The van der Waals surface area contributed by atoms with E-state index in [1.165, 1.54) is 19.2 Å².